The van der Waals surface area contributed by atoms with Crippen LogP contribution in [0.3, 0.4) is 0 Å². The zero-order valence-electron chi connectivity index (χ0n) is 16.6. The van der Waals surface area contributed by atoms with Crippen LogP contribution in [-0.4, -0.2) is 44.0 Å². The molecule has 29 heavy (non-hydrogen) atoms. The van der Waals surface area contributed by atoms with Gasteiger partial charge >= 0.3 is 5.97 Å². The zero-order chi connectivity index (χ0) is 21.0. The molecule has 152 valence electrons. The smallest absolute Gasteiger partial charge is 0.350 e. The van der Waals surface area contributed by atoms with Crippen LogP contribution in [0.15, 0.2) is 29.4 Å². The van der Waals surface area contributed by atoms with E-state index < -0.39 is 5.97 Å². The summed E-state index contributed by atoms with van der Waals surface area (Å²) in [5, 5.41) is 12.2. The molecule has 0 spiro atoms. The second-order valence-corrected chi connectivity index (χ2v) is 8.17. The number of rotatable bonds is 7. The van der Waals surface area contributed by atoms with Crippen molar-refractivity contribution in [3.63, 3.8) is 0 Å². The number of aromatic nitrogens is 4. The average molecular weight is 432 g/mol. The van der Waals surface area contributed by atoms with Crippen LogP contribution in [0.2, 0.25) is 0 Å². The largest absolute Gasteiger partial charge is 0.462 e. The summed E-state index contributed by atoms with van der Waals surface area (Å²) in [6, 6.07) is 8.01. The van der Waals surface area contributed by atoms with Crippen molar-refractivity contribution in [3.8, 4) is 11.4 Å². The Kier molecular flexibility index (Phi) is 6.65. The van der Waals surface area contributed by atoms with E-state index in [1.807, 2.05) is 42.8 Å². The number of carbonyl (C=O) groups is 2. The molecule has 3 rings (SSSR count). The van der Waals surface area contributed by atoms with Gasteiger partial charge in [0.25, 0.3) is 0 Å². The van der Waals surface area contributed by atoms with Crippen molar-refractivity contribution in [1.29, 1.82) is 0 Å². The molecule has 1 amide bonds. The summed E-state index contributed by atoms with van der Waals surface area (Å²) >= 11 is 2.39. The maximum Gasteiger partial charge on any atom is 0.350 e. The van der Waals surface area contributed by atoms with Gasteiger partial charge < -0.3 is 14.6 Å². The number of carbonyl (C=O) groups excluding carboxylic acids is 2. The van der Waals surface area contributed by atoms with Crippen LogP contribution in [0, 0.1) is 13.8 Å². The highest BCUT2D eigenvalue weighted by molar-refractivity contribution is 7.99. The van der Waals surface area contributed by atoms with Gasteiger partial charge in [0.2, 0.25) is 5.91 Å². The molecule has 2 aromatic heterocycles. The number of nitrogens with one attached hydrogen (secondary N) is 1. The van der Waals surface area contributed by atoms with Crippen LogP contribution >= 0.6 is 23.1 Å². The standard InChI is InChI=1S/C19H21N5O3S2/c1-5-27-17(26)15-12(3)20-18(29-15)21-14(25)10-28-19-23-22-16(24(19)4)13-8-6-7-11(2)9-13/h6-9H,5,10H2,1-4H3,(H,20,21,25). The molecule has 0 radical (unpaired) electrons. The highest BCUT2D eigenvalue weighted by Gasteiger charge is 2.18. The van der Waals surface area contributed by atoms with Crippen molar-refractivity contribution in [2.45, 2.75) is 25.9 Å². The lowest BCUT2D eigenvalue weighted by molar-refractivity contribution is -0.113. The summed E-state index contributed by atoms with van der Waals surface area (Å²) in [6.07, 6.45) is 0. The summed E-state index contributed by atoms with van der Waals surface area (Å²) in [7, 11) is 1.87. The molecule has 1 aromatic carbocycles. The van der Waals surface area contributed by atoms with Crippen LogP contribution in [0.1, 0.15) is 27.9 Å². The van der Waals surface area contributed by atoms with Crippen LogP contribution in [0.25, 0.3) is 11.4 Å². The molecule has 0 fully saturated rings. The Bertz CT molecular complexity index is 1040. The van der Waals surface area contributed by atoms with Gasteiger partial charge in [-0.25, -0.2) is 9.78 Å². The molecule has 0 aliphatic rings. The quantitative estimate of drug-likeness (QED) is 0.452. The lowest BCUT2D eigenvalue weighted by Crippen LogP contribution is -2.14. The minimum absolute atomic E-state index is 0.146. The van der Waals surface area contributed by atoms with Gasteiger partial charge in [0.15, 0.2) is 16.1 Å². The van der Waals surface area contributed by atoms with Gasteiger partial charge in [-0.15, -0.1) is 10.2 Å². The third-order valence-corrected chi connectivity index (χ3v) is 6.02. The molecule has 0 aliphatic heterocycles. The molecule has 1 N–H and O–H groups in total. The molecule has 8 nitrogen and oxygen atoms in total. The first-order chi connectivity index (χ1) is 13.9. The first-order valence-electron chi connectivity index (χ1n) is 8.92. The van der Waals surface area contributed by atoms with Crippen LogP contribution in [0.5, 0.6) is 0 Å². The molecular weight excluding hydrogens is 410 g/mol. The summed E-state index contributed by atoms with van der Waals surface area (Å²) in [5.41, 5.74) is 2.65. The van der Waals surface area contributed by atoms with Gasteiger partial charge in [0, 0.05) is 12.6 Å². The Morgan fingerprint density at radius 3 is 2.79 bits per heavy atom. The summed E-state index contributed by atoms with van der Waals surface area (Å²) in [6.45, 7) is 5.76. The van der Waals surface area contributed by atoms with Crippen molar-refractivity contribution in [1.82, 2.24) is 19.7 Å². The number of ether oxygens (including phenoxy) is 1. The fraction of sp³-hybridized carbons (Fsp3) is 0.316. The average Bonchev–Trinajstić information content (AvgIpc) is 3.22. The maximum absolute atomic E-state index is 12.3. The molecule has 0 atom stereocenters. The number of thiazole rings is 1. The van der Waals surface area contributed by atoms with E-state index in [4.69, 9.17) is 4.74 Å². The van der Waals surface area contributed by atoms with Crippen LogP contribution < -0.4 is 5.32 Å². The SMILES string of the molecule is CCOC(=O)c1sc(NC(=O)CSc2nnc(-c3cccc(C)c3)n2C)nc1C. The monoisotopic (exact) mass is 431 g/mol. The van der Waals surface area contributed by atoms with Crippen molar-refractivity contribution in [3.05, 3.63) is 40.4 Å². The number of thioether (sulfide) groups is 1. The topological polar surface area (TPSA) is 99.0 Å². The lowest BCUT2D eigenvalue weighted by atomic mass is 10.1. The minimum Gasteiger partial charge on any atom is -0.462 e. The van der Waals surface area contributed by atoms with Crippen molar-refractivity contribution in [2.24, 2.45) is 7.05 Å². The number of anilines is 1. The molecular formula is C19H21N5O3S2. The fourth-order valence-electron chi connectivity index (χ4n) is 2.60. The first kappa shape index (κ1) is 21.0. The van der Waals surface area contributed by atoms with Gasteiger partial charge in [0.05, 0.1) is 18.1 Å². The second-order valence-electron chi connectivity index (χ2n) is 6.23. The number of hydrogen-bond donors (Lipinski definition) is 1. The van der Waals surface area contributed by atoms with E-state index in [1.54, 1.807) is 13.8 Å². The molecule has 2 heterocycles. The number of amides is 1. The van der Waals surface area contributed by atoms with E-state index in [0.717, 1.165) is 28.3 Å². The number of aryl methyl sites for hydroxylation is 2. The van der Waals surface area contributed by atoms with Crippen LogP contribution in [0.4, 0.5) is 5.13 Å². The van der Waals surface area contributed by atoms with Gasteiger partial charge in [0.1, 0.15) is 4.88 Å². The fourth-order valence-corrected chi connectivity index (χ4v) is 4.18. The molecule has 3 aromatic rings. The summed E-state index contributed by atoms with van der Waals surface area (Å²) < 4.78 is 6.85. The molecule has 10 heteroatoms. The number of benzene rings is 1. The van der Waals surface area contributed by atoms with Gasteiger partial charge in [-0.1, -0.05) is 46.9 Å². The van der Waals surface area contributed by atoms with Crippen molar-refractivity contribution in [2.75, 3.05) is 17.7 Å². The molecule has 0 saturated heterocycles. The minimum atomic E-state index is -0.430. The Hall–Kier alpha value is -2.72. The highest BCUT2D eigenvalue weighted by atomic mass is 32.2. The molecule has 0 saturated carbocycles. The van der Waals surface area contributed by atoms with Gasteiger partial charge in [-0.2, -0.15) is 0 Å². The predicted molar refractivity (Wildman–Crippen MR) is 113 cm³/mol. The first-order valence-corrected chi connectivity index (χ1v) is 10.7. The third-order valence-electron chi connectivity index (χ3n) is 3.95. The Morgan fingerprint density at radius 2 is 2.07 bits per heavy atom. The van der Waals surface area contributed by atoms with Gasteiger partial charge in [-0.3, -0.25) is 4.79 Å². The van der Waals surface area contributed by atoms with E-state index in [0.29, 0.717) is 20.9 Å². The summed E-state index contributed by atoms with van der Waals surface area (Å²) in [4.78, 5) is 28.8. The predicted octanol–water partition coefficient (Wildman–Crippen LogP) is 3.46. The maximum atomic E-state index is 12.3. The van der Waals surface area contributed by atoms with E-state index in [-0.39, 0.29) is 18.3 Å². The number of esters is 1. The Labute approximate surface area is 176 Å². The molecule has 0 aliphatic carbocycles. The van der Waals surface area contributed by atoms with Crippen molar-refractivity contribution >= 4 is 40.1 Å². The Morgan fingerprint density at radius 1 is 1.28 bits per heavy atom. The number of hydrogen-bond acceptors (Lipinski definition) is 8. The highest BCUT2D eigenvalue weighted by Crippen LogP contribution is 2.25. The third kappa shape index (κ3) is 5.01. The number of nitrogens with zero attached hydrogens (tertiary/aromatic N) is 4. The zero-order valence-corrected chi connectivity index (χ0v) is 18.2. The Balaban J connectivity index is 1.62. The van der Waals surface area contributed by atoms with E-state index in [1.165, 1.54) is 11.8 Å². The summed E-state index contributed by atoms with van der Waals surface area (Å²) in [5.74, 6) is 0.221. The second kappa shape index (κ2) is 9.19. The van der Waals surface area contributed by atoms with Crippen molar-refractivity contribution < 1.29 is 14.3 Å². The van der Waals surface area contributed by atoms with Crippen LogP contribution in [-0.2, 0) is 16.6 Å². The van der Waals surface area contributed by atoms with E-state index >= 15 is 0 Å². The van der Waals surface area contributed by atoms with Gasteiger partial charge in [-0.05, 0) is 26.8 Å². The van der Waals surface area contributed by atoms with E-state index in [2.05, 4.69) is 20.5 Å². The normalized spacial score (nSPS) is 10.8. The van der Waals surface area contributed by atoms with E-state index in [9.17, 15) is 9.59 Å². The molecule has 0 unspecified atom stereocenters. The molecule has 0 bridgehead atoms. The lowest BCUT2D eigenvalue weighted by Gasteiger charge is -2.04.